The van der Waals surface area contributed by atoms with E-state index < -0.39 is 0 Å². The Bertz CT molecular complexity index is 317. The molecule has 0 aliphatic rings. The van der Waals surface area contributed by atoms with E-state index in [1.165, 1.54) is 0 Å². The normalized spacial score (nSPS) is 12.3. The Hall–Kier alpha value is -0.880. The largest absolute Gasteiger partial charge is 0.367 e. The zero-order valence-corrected chi connectivity index (χ0v) is 10.5. The van der Waals surface area contributed by atoms with Gasteiger partial charge in [-0.25, -0.2) is 10.8 Å². The summed E-state index contributed by atoms with van der Waals surface area (Å²) in [5.41, 5.74) is 2.42. The number of halogens is 1. The number of nitrogens with zero attached hydrogens (tertiary/aromatic N) is 2. The number of nitrogen functional groups attached to an aromatic ring is 1. The van der Waals surface area contributed by atoms with E-state index in [-0.39, 0.29) is 0 Å². The zero-order chi connectivity index (χ0) is 11.3. The Balaban J connectivity index is 2.74. The highest BCUT2D eigenvalue weighted by Crippen LogP contribution is 2.21. The van der Waals surface area contributed by atoms with Gasteiger partial charge in [0.25, 0.3) is 0 Å². The summed E-state index contributed by atoms with van der Waals surface area (Å²) in [7, 11) is 0. The Morgan fingerprint density at radius 2 is 2.33 bits per heavy atom. The van der Waals surface area contributed by atoms with Gasteiger partial charge in [-0.2, -0.15) is 4.98 Å². The van der Waals surface area contributed by atoms with Crippen LogP contribution in [0.25, 0.3) is 0 Å². The minimum absolute atomic E-state index is 0.381. The fourth-order valence-corrected chi connectivity index (χ4v) is 1.58. The molecule has 0 saturated heterocycles. The van der Waals surface area contributed by atoms with Gasteiger partial charge >= 0.3 is 0 Å². The molecule has 5 nitrogen and oxygen atoms in total. The van der Waals surface area contributed by atoms with Gasteiger partial charge in [-0.1, -0.05) is 13.3 Å². The summed E-state index contributed by atoms with van der Waals surface area (Å²) in [4.78, 5) is 8.18. The van der Waals surface area contributed by atoms with Crippen molar-refractivity contribution >= 4 is 27.7 Å². The second-order valence-electron chi connectivity index (χ2n) is 3.37. The van der Waals surface area contributed by atoms with E-state index in [1.807, 2.05) is 0 Å². The molecular weight excluding hydrogens is 258 g/mol. The summed E-state index contributed by atoms with van der Waals surface area (Å²) in [5.74, 6) is 6.41. The van der Waals surface area contributed by atoms with E-state index in [0.29, 0.717) is 12.0 Å². The molecule has 0 amide bonds. The van der Waals surface area contributed by atoms with Gasteiger partial charge in [0.2, 0.25) is 5.95 Å². The number of hydrogen-bond donors (Lipinski definition) is 3. The number of nitrogens with one attached hydrogen (secondary N) is 2. The third-order valence-corrected chi connectivity index (χ3v) is 2.56. The van der Waals surface area contributed by atoms with E-state index in [2.05, 4.69) is 50.5 Å². The molecule has 84 valence electrons. The number of nitrogens with two attached hydrogens (primary N) is 1. The van der Waals surface area contributed by atoms with Crippen LogP contribution in [0.2, 0.25) is 0 Å². The van der Waals surface area contributed by atoms with Crippen molar-refractivity contribution in [2.45, 2.75) is 32.7 Å². The summed E-state index contributed by atoms with van der Waals surface area (Å²) < 4.78 is 0.837. The maximum Gasteiger partial charge on any atom is 0.239 e. The molecule has 0 aliphatic heterocycles. The lowest BCUT2D eigenvalue weighted by Gasteiger charge is -2.14. The average molecular weight is 274 g/mol. The van der Waals surface area contributed by atoms with Gasteiger partial charge < -0.3 is 5.32 Å². The molecule has 0 spiro atoms. The minimum Gasteiger partial charge on any atom is -0.367 e. The van der Waals surface area contributed by atoms with Crippen LogP contribution in [0.15, 0.2) is 10.7 Å². The molecule has 1 aromatic heterocycles. The van der Waals surface area contributed by atoms with E-state index >= 15 is 0 Å². The molecule has 15 heavy (non-hydrogen) atoms. The SMILES string of the molecule is CCCC(C)Nc1nc(NN)ncc1Br. The summed E-state index contributed by atoms with van der Waals surface area (Å²) in [6.07, 6.45) is 3.91. The van der Waals surface area contributed by atoms with Crippen molar-refractivity contribution in [3.05, 3.63) is 10.7 Å². The average Bonchev–Trinajstić information content (AvgIpc) is 2.21. The van der Waals surface area contributed by atoms with Gasteiger partial charge in [0.1, 0.15) is 5.82 Å². The third kappa shape index (κ3) is 3.64. The van der Waals surface area contributed by atoms with Crippen molar-refractivity contribution in [3.8, 4) is 0 Å². The lowest BCUT2D eigenvalue weighted by molar-refractivity contribution is 0.687. The molecule has 1 rings (SSSR count). The van der Waals surface area contributed by atoms with Gasteiger partial charge in [-0.15, -0.1) is 0 Å². The van der Waals surface area contributed by atoms with E-state index in [9.17, 15) is 0 Å². The standard InChI is InChI=1S/C9H16BrN5/c1-3-4-6(2)13-8-7(10)5-12-9(14-8)15-11/h5-6H,3-4,11H2,1-2H3,(H2,12,13,14,15). The van der Waals surface area contributed by atoms with Crippen LogP contribution in [0.4, 0.5) is 11.8 Å². The highest BCUT2D eigenvalue weighted by atomic mass is 79.9. The minimum atomic E-state index is 0.381. The van der Waals surface area contributed by atoms with Crippen LogP contribution in [-0.4, -0.2) is 16.0 Å². The molecule has 0 radical (unpaired) electrons. The first kappa shape index (κ1) is 12.2. The summed E-state index contributed by atoms with van der Waals surface area (Å²) in [6, 6.07) is 0.381. The van der Waals surface area contributed by atoms with Gasteiger partial charge in [0.05, 0.1) is 4.47 Å². The van der Waals surface area contributed by atoms with Crippen molar-refractivity contribution < 1.29 is 0 Å². The number of rotatable bonds is 5. The molecule has 0 aliphatic carbocycles. The van der Waals surface area contributed by atoms with Crippen LogP contribution in [-0.2, 0) is 0 Å². The fourth-order valence-electron chi connectivity index (χ4n) is 1.28. The topological polar surface area (TPSA) is 75.9 Å². The highest BCUT2D eigenvalue weighted by molar-refractivity contribution is 9.10. The van der Waals surface area contributed by atoms with Crippen molar-refractivity contribution in [2.24, 2.45) is 5.84 Å². The Morgan fingerprint density at radius 3 is 2.93 bits per heavy atom. The third-order valence-electron chi connectivity index (χ3n) is 1.98. The Labute approximate surface area is 98.0 Å². The molecule has 4 N–H and O–H groups in total. The van der Waals surface area contributed by atoms with Gasteiger partial charge in [0.15, 0.2) is 0 Å². The van der Waals surface area contributed by atoms with Crippen LogP contribution in [0, 0.1) is 0 Å². The van der Waals surface area contributed by atoms with Crippen molar-refractivity contribution in [1.82, 2.24) is 9.97 Å². The molecule has 1 unspecified atom stereocenters. The molecule has 1 atom stereocenters. The number of aromatic nitrogens is 2. The first-order chi connectivity index (χ1) is 7.17. The second kappa shape index (κ2) is 5.87. The van der Waals surface area contributed by atoms with E-state index in [0.717, 1.165) is 23.1 Å². The molecule has 0 saturated carbocycles. The first-order valence-corrected chi connectivity index (χ1v) is 5.72. The van der Waals surface area contributed by atoms with Gasteiger partial charge in [-0.05, 0) is 29.3 Å². The van der Waals surface area contributed by atoms with Crippen LogP contribution < -0.4 is 16.6 Å². The zero-order valence-electron chi connectivity index (χ0n) is 8.92. The molecule has 0 aromatic carbocycles. The maximum atomic E-state index is 5.24. The smallest absolute Gasteiger partial charge is 0.239 e. The van der Waals surface area contributed by atoms with Crippen LogP contribution in [0.1, 0.15) is 26.7 Å². The van der Waals surface area contributed by atoms with Crippen molar-refractivity contribution in [3.63, 3.8) is 0 Å². The summed E-state index contributed by atoms with van der Waals surface area (Å²) in [6.45, 7) is 4.27. The molecule has 6 heteroatoms. The lowest BCUT2D eigenvalue weighted by atomic mass is 10.2. The molecule has 0 fully saturated rings. The van der Waals surface area contributed by atoms with E-state index in [1.54, 1.807) is 6.20 Å². The lowest BCUT2D eigenvalue weighted by Crippen LogP contribution is -2.17. The first-order valence-electron chi connectivity index (χ1n) is 4.93. The number of anilines is 2. The van der Waals surface area contributed by atoms with Crippen LogP contribution >= 0.6 is 15.9 Å². The fraction of sp³-hybridized carbons (Fsp3) is 0.556. The highest BCUT2D eigenvalue weighted by Gasteiger charge is 2.07. The predicted octanol–water partition coefficient (Wildman–Crippen LogP) is 2.13. The van der Waals surface area contributed by atoms with Crippen LogP contribution in [0.5, 0.6) is 0 Å². The quantitative estimate of drug-likeness (QED) is 0.566. The predicted molar refractivity (Wildman–Crippen MR) is 65.5 cm³/mol. The molecule has 1 heterocycles. The van der Waals surface area contributed by atoms with Crippen molar-refractivity contribution in [2.75, 3.05) is 10.7 Å². The monoisotopic (exact) mass is 273 g/mol. The Kier molecular flexibility index (Phi) is 4.77. The van der Waals surface area contributed by atoms with Crippen molar-refractivity contribution in [1.29, 1.82) is 0 Å². The van der Waals surface area contributed by atoms with Crippen LogP contribution in [0.3, 0.4) is 0 Å². The second-order valence-corrected chi connectivity index (χ2v) is 4.22. The Morgan fingerprint density at radius 1 is 1.60 bits per heavy atom. The van der Waals surface area contributed by atoms with E-state index in [4.69, 9.17) is 5.84 Å². The summed E-state index contributed by atoms with van der Waals surface area (Å²) in [5, 5.41) is 3.29. The van der Waals surface area contributed by atoms with Gasteiger partial charge in [-0.3, -0.25) is 5.43 Å². The molecular formula is C9H16BrN5. The number of hydrazine groups is 1. The molecule has 0 bridgehead atoms. The maximum absolute atomic E-state index is 5.24. The summed E-state index contributed by atoms with van der Waals surface area (Å²) >= 11 is 3.38. The number of hydrogen-bond acceptors (Lipinski definition) is 5. The van der Waals surface area contributed by atoms with Gasteiger partial charge in [0, 0.05) is 12.2 Å². The molecule has 1 aromatic rings.